The van der Waals surface area contributed by atoms with Crippen molar-refractivity contribution in [3.63, 3.8) is 0 Å². The molecule has 0 spiro atoms. The van der Waals surface area contributed by atoms with Gasteiger partial charge in [0.1, 0.15) is 23.2 Å². The molecule has 45 heavy (non-hydrogen) atoms. The zero-order valence-corrected chi connectivity index (χ0v) is 25.6. The van der Waals surface area contributed by atoms with Crippen LogP contribution in [0.5, 0.6) is 11.5 Å². The van der Waals surface area contributed by atoms with Gasteiger partial charge in [0.15, 0.2) is 0 Å². The zero-order valence-electron chi connectivity index (χ0n) is 24.8. The fourth-order valence-electron chi connectivity index (χ4n) is 4.77. The normalized spacial score (nSPS) is 11.9. The Balaban J connectivity index is 1.36. The van der Waals surface area contributed by atoms with Crippen molar-refractivity contribution in [2.24, 2.45) is 0 Å². The highest BCUT2D eigenvalue weighted by Crippen LogP contribution is 2.44. The first-order chi connectivity index (χ1) is 21.6. The average Bonchev–Trinajstić information content (AvgIpc) is 3.02. The number of halogens is 4. The molecule has 10 heteroatoms. The minimum Gasteiger partial charge on any atom is -0.469 e. The number of aryl methyl sites for hydroxylation is 1. The standard InChI is InChI=1S/C35H33ClF3NO5/c1-23(44-34(42)26-13-4-3-5-14-26)28-16-6-7-17-29(28)40-20-9-8-12-25-18-19-30(32(33(25)36)35(37,38)39)45-27-15-10-11-24(21-27)22-31(41)43-2/h3-7,10-11,13-19,21,23,40H,8-9,12,20,22H2,1-2H3. The topological polar surface area (TPSA) is 73.9 Å². The summed E-state index contributed by atoms with van der Waals surface area (Å²) in [6, 6.07) is 25.3. The van der Waals surface area contributed by atoms with Crippen LogP contribution in [-0.2, 0) is 33.3 Å². The van der Waals surface area contributed by atoms with Gasteiger partial charge in [-0.2, -0.15) is 13.2 Å². The molecule has 0 aromatic heterocycles. The van der Waals surface area contributed by atoms with E-state index in [1.165, 1.54) is 31.4 Å². The lowest BCUT2D eigenvalue weighted by Gasteiger charge is -2.19. The van der Waals surface area contributed by atoms with Gasteiger partial charge in [-0.05, 0) is 73.7 Å². The molecule has 0 fully saturated rings. The SMILES string of the molecule is COC(=O)Cc1cccc(Oc2ccc(CCCCNc3ccccc3C(C)OC(=O)c3ccccc3)c(Cl)c2C(F)(F)F)c1. The summed E-state index contributed by atoms with van der Waals surface area (Å²) in [6.07, 6.45) is -3.75. The van der Waals surface area contributed by atoms with Gasteiger partial charge in [0, 0.05) is 17.8 Å². The molecule has 4 aromatic carbocycles. The van der Waals surface area contributed by atoms with Crippen LogP contribution in [-0.4, -0.2) is 25.6 Å². The zero-order chi connectivity index (χ0) is 32.4. The molecule has 1 N–H and O–H groups in total. The Morgan fingerprint density at radius 1 is 0.911 bits per heavy atom. The fraction of sp³-hybridized carbons (Fsp3) is 0.257. The number of alkyl halides is 3. The first-order valence-corrected chi connectivity index (χ1v) is 14.8. The number of benzene rings is 4. The highest BCUT2D eigenvalue weighted by molar-refractivity contribution is 6.32. The number of anilines is 1. The Labute approximate surface area is 265 Å². The Hall–Kier alpha value is -4.50. The highest BCUT2D eigenvalue weighted by atomic mass is 35.5. The Morgan fingerprint density at radius 2 is 1.64 bits per heavy atom. The summed E-state index contributed by atoms with van der Waals surface area (Å²) < 4.78 is 58.3. The highest BCUT2D eigenvalue weighted by Gasteiger charge is 2.38. The molecular formula is C35H33ClF3NO5. The molecule has 6 nitrogen and oxygen atoms in total. The predicted octanol–water partition coefficient (Wildman–Crippen LogP) is 9.22. The van der Waals surface area contributed by atoms with Crippen LogP contribution in [0.25, 0.3) is 0 Å². The molecule has 0 saturated carbocycles. The van der Waals surface area contributed by atoms with Crippen LogP contribution in [0.1, 0.15) is 58.5 Å². The quantitative estimate of drug-likeness (QED) is 0.116. The van der Waals surface area contributed by atoms with Crippen LogP contribution in [0.4, 0.5) is 18.9 Å². The van der Waals surface area contributed by atoms with Crippen molar-refractivity contribution in [3.8, 4) is 11.5 Å². The molecule has 236 valence electrons. The van der Waals surface area contributed by atoms with Crippen molar-refractivity contribution >= 4 is 29.2 Å². The summed E-state index contributed by atoms with van der Waals surface area (Å²) in [5.41, 5.74) is 1.93. The molecule has 0 heterocycles. The lowest BCUT2D eigenvalue weighted by Crippen LogP contribution is -2.12. The van der Waals surface area contributed by atoms with E-state index in [9.17, 15) is 22.8 Å². The van der Waals surface area contributed by atoms with Crippen LogP contribution >= 0.6 is 11.6 Å². The van der Waals surface area contributed by atoms with E-state index < -0.39 is 40.6 Å². The van der Waals surface area contributed by atoms with E-state index in [0.29, 0.717) is 42.5 Å². The monoisotopic (exact) mass is 639 g/mol. The number of methoxy groups -OCH3 is 1. The molecule has 4 rings (SSSR count). The second kappa shape index (κ2) is 15.5. The number of carbonyl (C=O) groups is 2. The second-order valence-corrected chi connectivity index (χ2v) is 10.7. The number of unbranched alkanes of at least 4 members (excludes halogenated alkanes) is 1. The Kier molecular flexibility index (Phi) is 11.5. The number of esters is 2. The van der Waals surface area contributed by atoms with E-state index in [4.69, 9.17) is 21.1 Å². The van der Waals surface area contributed by atoms with Gasteiger partial charge in [0.2, 0.25) is 0 Å². The van der Waals surface area contributed by atoms with Crippen molar-refractivity contribution < 1.29 is 37.0 Å². The first kappa shape index (κ1) is 33.4. The van der Waals surface area contributed by atoms with Gasteiger partial charge in [-0.3, -0.25) is 4.79 Å². The smallest absolute Gasteiger partial charge is 0.421 e. The lowest BCUT2D eigenvalue weighted by atomic mass is 10.0. The molecule has 0 radical (unpaired) electrons. The summed E-state index contributed by atoms with van der Waals surface area (Å²) in [5.74, 6) is -1.18. The van der Waals surface area contributed by atoms with Crippen LogP contribution in [0.2, 0.25) is 5.02 Å². The average molecular weight is 640 g/mol. The minimum atomic E-state index is -4.75. The summed E-state index contributed by atoms with van der Waals surface area (Å²) in [5, 5.41) is 2.94. The largest absolute Gasteiger partial charge is 0.469 e. The van der Waals surface area contributed by atoms with Gasteiger partial charge in [-0.15, -0.1) is 0 Å². The molecular weight excluding hydrogens is 607 g/mol. The number of para-hydroxylation sites is 1. The number of hydrogen-bond acceptors (Lipinski definition) is 6. The van der Waals surface area contributed by atoms with Crippen molar-refractivity contribution in [2.45, 2.75) is 44.9 Å². The Bertz CT molecular complexity index is 1610. The summed E-state index contributed by atoms with van der Waals surface area (Å²) >= 11 is 6.32. The van der Waals surface area contributed by atoms with E-state index in [1.54, 1.807) is 43.3 Å². The van der Waals surface area contributed by atoms with Crippen LogP contribution in [0, 0.1) is 0 Å². The van der Waals surface area contributed by atoms with Gasteiger partial charge in [0.25, 0.3) is 0 Å². The molecule has 0 aliphatic carbocycles. The van der Waals surface area contributed by atoms with Crippen molar-refractivity contribution in [1.82, 2.24) is 0 Å². The van der Waals surface area contributed by atoms with Crippen molar-refractivity contribution in [1.29, 1.82) is 0 Å². The third-order valence-corrected chi connectivity index (χ3v) is 7.48. The van der Waals surface area contributed by atoms with Crippen molar-refractivity contribution in [2.75, 3.05) is 19.0 Å². The minimum absolute atomic E-state index is 0.0410. The second-order valence-electron chi connectivity index (χ2n) is 10.3. The van der Waals surface area contributed by atoms with Crippen LogP contribution in [0.3, 0.4) is 0 Å². The Morgan fingerprint density at radius 3 is 2.38 bits per heavy atom. The maximum atomic E-state index is 14.1. The van der Waals surface area contributed by atoms with E-state index in [2.05, 4.69) is 10.1 Å². The maximum absolute atomic E-state index is 14.1. The molecule has 0 aliphatic heterocycles. The molecule has 0 aliphatic rings. The third kappa shape index (κ3) is 9.25. The number of nitrogens with one attached hydrogen (secondary N) is 1. The third-order valence-electron chi connectivity index (χ3n) is 7.05. The molecule has 0 amide bonds. The van der Waals surface area contributed by atoms with E-state index >= 15 is 0 Å². The molecule has 1 atom stereocenters. The van der Waals surface area contributed by atoms with Gasteiger partial charge >= 0.3 is 18.1 Å². The van der Waals surface area contributed by atoms with E-state index in [-0.39, 0.29) is 12.2 Å². The summed E-state index contributed by atoms with van der Waals surface area (Å²) in [4.78, 5) is 24.1. The summed E-state index contributed by atoms with van der Waals surface area (Å²) in [7, 11) is 1.26. The van der Waals surface area contributed by atoms with Gasteiger partial charge < -0.3 is 19.5 Å². The first-order valence-electron chi connectivity index (χ1n) is 14.4. The van der Waals surface area contributed by atoms with Crippen molar-refractivity contribution in [3.05, 3.63) is 124 Å². The summed E-state index contributed by atoms with van der Waals surface area (Å²) in [6.45, 7) is 2.34. The molecule has 0 saturated heterocycles. The number of carbonyl (C=O) groups excluding carboxylic acids is 2. The van der Waals surface area contributed by atoms with E-state index in [1.807, 2.05) is 30.3 Å². The van der Waals surface area contributed by atoms with Gasteiger partial charge in [-0.1, -0.05) is 66.2 Å². The number of rotatable bonds is 13. The van der Waals surface area contributed by atoms with Crippen LogP contribution in [0.15, 0.2) is 91.0 Å². The number of ether oxygens (including phenoxy) is 3. The predicted molar refractivity (Wildman–Crippen MR) is 167 cm³/mol. The van der Waals surface area contributed by atoms with E-state index in [0.717, 1.165) is 11.3 Å². The maximum Gasteiger partial charge on any atom is 0.421 e. The fourth-order valence-corrected chi connectivity index (χ4v) is 5.13. The molecule has 1 unspecified atom stereocenters. The van der Waals surface area contributed by atoms with Crippen LogP contribution < -0.4 is 10.1 Å². The van der Waals surface area contributed by atoms with Gasteiger partial charge in [0.05, 0.1) is 24.1 Å². The van der Waals surface area contributed by atoms with Gasteiger partial charge in [-0.25, -0.2) is 4.79 Å². The molecule has 0 bridgehead atoms. The molecule has 4 aromatic rings. The lowest BCUT2D eigenvalue weighted by molar-refractivity contribution is -0.140. The number of hydrogen-bond donors (Lipinski definition) is 1.